The molecule has 82 valence electrons. The third-order valence-electron chi connectivity index (χ3n) is 2.36. The van der Waals surface area contributed by atoms with Crippen molar-refractivity contribution < 1.29 is 4.39 Å². The maximum absolute atomic E-state index is 13.6. The number of hydrogen-bond donors (Lipinski definition) is 1. The number of aromatic nitrogens is 1. The van der Waals surface area contributed by atoms with Crippen LogP contribution in [-0.2, 0) is 0 Å². The molecule has 2 rings (SSSR count). The smallest absolute Gasteiger partial charge is 0.128 e. The van der Waals surface area contributed by atoms with E-state index < -0.39 is 6.04 Å². The Labute approximate surface area is 101 Å². The lowest BCUT2D eigenvalue weighted by molar-refractivity contribution is 0.599. The average Bonchev–Trinajstić information content (AvgIpc) is 2.32. The summed E-state index contributed by atoms with van der Waals surface area (Å²) in [5.41, 5.74) is 7.31. The second-order valence-electron chi connectivity index (χ2n) is 3.42. The first-order valence-electron chi connectivity index (χ1n) is 4.79. The molecule has 1 unspecified atom stereocenters. The molecule has 16 heavy (non-hydrogen) atoms. The standard InChI is InChI=1S/C12H10BrFN2/c13-9-1-2-11(14)10(7-9)12(15)8-3-5-16-6-4-8/h1-7,12H,15H2. The lowest BCUT2D eigenvalue weighted by Crippen LogP contribution is -2.13. The van der Waals surface area contributed by atoms with Crippen molar-refractivity contribution in [3.63, 3.8) is 0 Å². The van der Waals surface area contributed by atoms with E-state index in [-0.39, 0.29) is 5.82 Å². The molecule has 0 aliphatic heterocycles. The number of benzene rings is 1. The molecule has 0 saturated heterocycles. The molecule has 1 atom stereocenters. The van der Waals surface area contributed by atoms with Crippen molar-refractivity contribution in [1.82, 2.24) is 4.98 Å². The Hall–Kier alpha value is -1.26. The fourth-order valence-electron chi connectivity index (χ4n) is 1.50. The zero-order valence-corrected chi connectivity index (χ0v) is 9.99. The van der Waals surface area contributed by atoms with Gasteiger partial charge in [0.1, 0.15) is 5.82 Å². The van der Waals surface area contributed by atoms with E-state index in [1.807, 2.05) is 0 Å². The Balaban J connectivity index is 2.41. The minimum Gasteiger partial charge on any atom is -0.320 e. The van der Waals surface area contributed by atoms with Gasteiger partial charge < -0.3 is 5.73 Å². The SMILES string of the molecule is NC(c1ccncc1)c1cc(Br)ccc1F. The molecule has 0 spiro atoms. The van der Waals surface area contributed by atoms with Crippen LogP contribution < -0.4 is 5.73 Å². The second kappa shape index (κ2) is 4.72. The first kappa shape index (κ1) is 11.2. The quantitative estimate of drug-likeness (QED) is 0.919. The van der Waals surface area contributed by atoms with Gasteiger partial charge in [-0.05, 0) is 35.9 Å². The molecule has 0 amide bonds. The predicted octanol–water partition coefficient (Wildman–Crippen LogP) is 3.03. The van der Waals surface area contributed by atoms with Gasteiger partial charge in [0.05, 0.1) is 6.04 Å². The maximum atomic E-state index is 13.6. The molecular weight excluding hydrogens is 271 g/mol. The van der Waals surface area contributed by atoms with E-state index in [0.717, 1.165) is 10.0 Å². The molecule has 4 heteroatoms. The zero-order valence-electron chi connectivity index (χ0n) is 8.40. The fraction of sp³-hybridized carbons (Fsp3) is 0.0833. The van der Waals surface area contributed by atoms with Crippen LogP contribution in [0.2, 0.25) is 0 Å². The normalized spacial score (nSPS) is 12.4. The predicted molar refractivity (Wildman–Crippen MR) is 64.4 cm³/mol. The summed E-state index contributed by atoms with van der Waals surface area (Å²) < 4.78 is 14.4. The summed E-state index contributed by atoms with van der Waals surface area (Å²) in [6.45, 7) is 0. The van der Waals surface area contributed by atoms with E-state index in [1.54, 1.807) is 36.7 Å². The Morgan fingerprint density at radius 2 is 1.88 bits per heavy atom. The number of pyridine rings is 1. The van der Waals surface area contributed by atoms with Crippen molar-refractivity contribution in [3.05, 3.63) is 64.1 Å². The number of nitrogens with zero attached hydrogens (tertiary/aromatic N) is 1. The van der Waals surface area contributed by atoms with Crippen LogP contribution in [0.25, 0.3) is 0 Å². The van der Waals surface area contributed by atoms with Crippen LogP contribution in [0.15, 0.2) is 47.2 Å². The Kier molecular flexibility index (Phi) is 3.31. The summed E-state index contributed by atoms with van der Waals surface area (Å²) >= 11 is 3.30. The highest BCUT2D eigenvalue weighted by Gasteiger charge is 2.13. The van der Waals surface area contributed by atoms with Gasteiger partial charge in [-0.15, -0.1) is 0 Å². The number of halogens is 2. The topological polar surface area (TPSA) is 38.9 Å². The zero-order chi connectivity index (χ0) is 11.5. The lowest BCUT2D eigenvalue weighted by Gasteiger charge is -2.13. The van der Waals surface area contributed by atoms with Crippen LogP contribution in [0.3, 0.4) is 0 Å². The molecule has 1 aromatic carbocycles. The highest BCUT2D eigenvalue weighted by atomic mass is 79.9. The molecule has 1 aromatic heterocycles. The van der Waals surface area contributed by atoms with Gasteiger partial charge in [-0.25, -0.2) is 4.39 Å². The van der Waals surface area contributed by atoms with Gasteiger partial charge >= 0.3 is 0 Å². The van der Waals surface area contributed by atoms with Crippen LogP contribution >= 0.6 is 15.9 Å². The average molecular weight is 281 g/mol. The minimum atomic E-state index is -0.472. The van der Waals surface area contributed by atoms with Crippen molar-refractivity contribution in [3.8, 4) is 0 Å². The lowest BCUT2D eigenvalue weighted by atomic mass is 10.0. The summed E-state index contributed by atoms with van der Waals surface area (Å²) in [4.78, 5) is 3.90. The number of nitrogens with two attached hydrogens (primary N) is 1. The molecule has 0 bridgehead atoms. The molecule has 0 aliphatic rings. The third-order valence-corrected chi connectivity index (χ3v) is 2.85. The van der Waals surface area contributed by atoms with Crippen LogP contribution in [0.5, 0.6) is 0 Å². The van der Waals surface area contributed by atoms with E-state index in [9.17, 15) is 4.39 Å². The van der Waals surface area contributed by atoms with Gasteiger partial charge in [-0.3, -0.25) is 4.98 Å². The molecule has 2 N–H and O–H groups in total. The third kappa shape index (κ3) is 2.28. The van der Waals surface area contributed by atoms with Crippen LogP contribution in [0.1, 0.15) is 17.2 Å². The molecule has 2 nitrogen and oxygen atoms in total. The molecular formula is C12H10BrFN2. The summed E-state index contributed by atoms with van der Waals surface area (Å²) in [5.74, 6) is -0.299. The number of rotatable bonds is 2. The maximum Gasteiger partial charge on any atom is 0.128 e. The highest BCUT2D eigenvalue weighted by molar-refractivity contribution is 9.10. The van der Waals surface area contributed by atoms with Crippen molar-refractivity contribution in [2.24, 2.45) is 5.73 Å². The van der Waals surface area contributed by atoms with Crippen molar-refractivity contribution in [2.75, 3.05) is 0 Å². The molecule has 2 aromatic rings. The van der Waals surface area contributed by atoms with Crippen molar-refractivity contribution in [1.29, 1.82) is 0 Å². The molecule has 0 aliphatic carbocycles. The van der Waals surface area contributed by atoms with Crippen LogP contribution in [-0.4, -0.2) is 4.98 Å². The summed E-state index contributed by atoms with van der Waals surface area (Å²) in [6, 6.07) is 7.84. The number of hydrogen-bond acceptors (Lipinski definition) is 2. The Bertz CT molecular complexity index is 488. The fourth-order valence-corrected chi connectivity index (χ4v) is 1.88. The molecule has 0 saturated carbocycles. The molecule has 0 fully saturated rings. The van der Waals surface area contributed by atoms with Crippen molar-refractivity contribution in [2.45, 2.75) is 6.04 Å². The minimum absolute atomic E-state index is 0.299. The van der Waals surface area contributed by atoms with Crippen molar-refractivity contribution >= 4 is 15.9 Å². The second-order valence-corrected chi connectivity index (χ2v) is 4.34. The van der Waals surface area contributed by atoms with Gasteiger partial charge in [0.2, 0.25) is 0 Å². The van der Waals surface area contributed by atoms with Gasteiger partial charge in [-0.1, -0.05) is 15.9 Å². The Morgan fingerprint density at radius 1 is 1.19 bits per heavy atom. The van der Waals surface area contributed by atoms with Gasteiger partial charge in [0.15, 0.2) is 0 Å². The largest absolute Gasteiger partial charge is 0.320 e. The first-order valence-corrected chi connectivity index (χ1v) is 5.58. The van der Waals surface area contributed by atoms with Gasteiger partial charge in [0, 0.05) is 22.4 Å². The van der Waals surface area contributed by atoms with Crippen LogP contribution in [0.4, 0.5) is 4.39 Å². The van der Waals surface area contributed by atoms with E-state index in [2.05, 4.69) is 20.9 Å². The summed E-state index contributed by atoms with van der Waals surface area (Å²) in [6.07, 6.45) is 3.29. The van der Waals surface area contributed by atoms with E-state index >= 15 is 0 Å². The van der Waals surface area contributed by atoms with E-state index in [4.69, 9.17) is 5.73 Å². The molecule has 1 heterocycles. The first-order chi connectivity index (χ1) is 7.68. The summed E-state index contributed by atoms with van der Waals surface area (Å²) in [5, 5.41) is 0. The van der Waals surface area contributed by atoms with E-state index in [1.165, 1.54) is 6.07 Å². The van der Waals surface area contributed by atoms with Gasteiger partial charge in [0.25, 0.3) is 0 Å². The molecule has 0 radical (unpaired) electrons. The Morgan fingerprint density at radius 3 is 2.56 bits per heavy atom. The van der Waals surface area contributed by atoms with E-state index in [0.29, 0.717) is 5.56 Å². The van der Waals surface area contributed by atoms with Crippen LogP contribution in [0, 0.1) is 5.82 Å². The van der Waals surface area contributed by atoms with Gasteiger partial charge in [-0.2, -0.15) is 0 Å². The monoisotopic (exact) mass is 280 g/mol. The highest BCUT2D eigenvalue weighted by Crippen LogP contribution is 2.24. The summed E-state index contributed by atoms with van der Waals surface area (Å²) in [7, 11) is 0.